The largest absolute Gasteiger partial charge is 0.369 e. The normalized spacial score (nSPS) is 13.7. The molecule has 0 saturated heterocycles. The van der Waals surface area contributed by atoms with Gasteiger partial charge in [-0.15, -0.1) is 11.3 Å². The Balaban J connectivity index is 2.65. The van der Waals surface area contributed by atoms with E-state index in [2.05, 4.69) is 4.98 Å². The first kappa shape index (κ1) is 12.1. The molecule has 0 saturated carbocycles. The Hall–Kier alpha value is -0.950. The third kappa shape index (κ3) is 3.60. The van der Waals surface area contributed by atoms with Crippen molar-refractivity contribution in [1.29, 1.82) is 0 Å². The average Bonchev–Trinajstić information content (AvgIpc) is 2.53. The van der Waals surface area contributed by atoms with Crippen LogP contribution in [0.15, 0.2) is 11.6 Å². The number of primary amides is 1. The van der Waals surface area contributed by atoms with Crippen LogP contribution in [0.1, 0.15) is 11.4 Å². The van der Waals surface area contributed by atoms with Gasteiger partial charge in [0.15, 0.2) is 9.84 Å². The van der Waals surface area contributed by atoms with Crippen molar-refractivity contribution in [3.8, 4) is 0 Å². The molecule has 1 heterocycles. The van der Waals surface area contributed by atoms with E-state index in [0.717, 1.165) is 11.3 Å². The monoisotopic (exact) mass is 248 g/mol. The van der Waals surface area contributed by atoms with Gasteiger partial charge in [-0.2, -0.15) is 0 Å². The van der Waals surface area contributed by atoms with Crippen LogP contribution in [0, 0.1) is 0 Å². The van der Waals surface area contributed by atoms with Gasteiger partial charge in [0.2, 0.25) is 5.91 Å². The minimum Gasteiger partial charge on any atom is -0.369 e. The number of aryl methyl sites for hydroxylation is 1. The number of carbonyl (C=O) groups is 1. The van der Waals surface area contributed by atoms with Crippen molar-refractivity contribution < 1.29 is 13.2 Å². The molecule has 7 heteroatoms. The zero-order chi connectivity index (χ0) is 11.5. The van der Waals surface area contributed by atoms with Crippen LogP contribution in [-0.2, 0) is 21.1 Å². The summed E-state index contributed by atoms with van der Waals surface area (Å²) in [4.78, 5) is 14.9. The van der Waals surface area contributed by atoms with Crippen LogP contribution < -0.4 is 5.73 Å². The van der Waals surface area contributed by atoms with Crippen molar-refractivity contribution in [2.45, 2.75) is 18.1 Å². The van der Waals surface area contributed by atoms with Gasteiger partial charge >= 0.3 is 0 Å². The number of sulfone groups is 1. The molecule has 1 aromatic heterocycles. The number of hydrogen-bond donors (Lipinski definition) is 1. The lowest BCUT2D eigenvalue weighted by atomic mass is 10.2. The summed E-state index contributed by atoms with van der Waals surface area (Å²) in [5.74, 6) is -0.797. The Morgan fingerprint density at radius 2 is 2.33 bits per heavy atom. The van der Waals surface area contributed by atoms with Gasteiger partial charge in [-0.3, -0.25) is 4.79 Å². The lowest BCUT2D eigenvalue weighted by Gasteiger charge is -2.09. The molecule has 1 aromatic rings. The van der Waals surface area contributed by atoms with Crippen LogP contribution in [-0.4, -0.2) is 30.8 Å². The summed E-state index contributed by atoms with van der Waals surface area (Å²) >= 11 is 1.43. The molecule has 84 valence electrons. The van der Waals surface area contributed by atoms with Gasteiger partial charge in [-0.05, 0) is 6.42 Å². The van der Waals surface area contributed by atoms with Crippen LogP contribution in [0.4, 0.5) is 0 Å². The fourth-order valence-corrected chi connectivity index (χ4v) is 2.80. The molecular weight excluding hydrogens is 236 g/mol. The van der Waals surface area contributed by atoms with Gasteiger partial charge in [0.05, 0.1) is 5.01 Å². The summed E-state index contributed by atoms with van der Waals surface area (Å²) in [5, 5.41) is 1.50. The molecule has 0 aliphatic carbocycles. The Kier molecular flexibility index (Phi) is 3.81. The van der Waals surface area contributed by atoms with E-state index < -0.39 is 21.0 Å². The number of amides is 1. The van der Waals surface area contributed by atoms with Gasteiger partial charge in [0.25, 0.3) is 0 Å². The predicted molar refractivity (Wildman–Crippen MR) is 58.3 cm³/mol. The van der Waals surface area contributed by atoms with E-state index in [0.29, 0.717) is 6.42 Å². The zero-order valence-electron chi connectivity index (χ0n) is 8.21. The third-order valence-corrected chi connectivity index (χ3v) is 4.28. The maximum absolute atomic E-state index is 11.2. The summed E-state index contributed by atoms with van der Waals surface area (Å²) in [6.07, 6.45) is 3.31. The Bertz CT molecular complexity index is 425. The van der Waals surface area contributed by atoms with Crippen molar-refractivity contribution in [2.75, 3.05) is 6.26 Å². The summed E-state index contributed by atoms with van der Waals surface area (Å²) in [6, 6.07) is 0. The van der Waals surface area contributed by atoms with Crippen LogP contribution in [0.5, 0.6) is 0 Å². The molecule has 0 radical (unpaired) electrons. The van der Waals surface area contributed by atoms with Gasteiger partial charge in [0.1, 0.15) is 5.25 Å². The van der Waals surface area contributed by atoms with E-state index in [9.17, 15) is 13.2 Å². The van der Waals surface area contributed by atoms with Crippen molar-refractivity contribution in [1.82, 2.24) is 4.98 Å². The first-order valence-electron chi connectivity index (χ1n) is 4.28. The standard InChI is InChI=1S/C8H12N2O3S2/c1-15(12,13)6(8(9)11)2-3-7-10-4-5-14-7/h4-6H,2-3H2,1H3,(H2,9,11). The van der Waals surface area contributed by atoms with Crippen molar-refractivity contribution in [3.63, 3.8) is 0 Å². The highest BCUT2D eigenvalue weighted by Crippen LogP contribution is 2.12. The first-order chi connectivity index (χ1) is 6.91. The van der Waals surface area contributed by atoms with E-state index in [1.807, 2.05) is 0 Å². The Morgan fingerprint density at radius 3 is 2.73 bits per heavy atom. The topological polar surface area (TPSA) is 90.1 Å². The first-order valence-corrected chi connectivity index (χ1v) is 7.11. The third-order valence-electron chi connectivity index (χ3n) is 1.94. The molecule has 0 aromatic carbocycles. The maximum Gasteiger partial charge on any atom is 0.235 e. The number of thiazole rings is 1. The van der Waals surface area contributed by atoms with Crippen LogP contribution in [0.25, 0.3) is 0 Å². The highest BCUT2D eigenvalue weighted by atomic mass is 32.2. The van der Waals surface area contributed by atoms with Gasteiger partial charge < -0.3 is 5.73 Å². The molecule has 0 aliphatic heterocycles. The predicted octanol–water partition coefficient (Wildman–Crippen LogP) is -0.0258. The van der Waals surface area contributed by atoms with Crippen molar-refractivity contribution in [3.05, 3.63) is 16.6 Å². The van der Waals surface area contributed by atoms with E-state index in [-0.39, 0.29) is 6.42 Å². The molecule has 15 heavy (non-hydrogen) atoms. The number of hydrogen-bond acceptors (Lipinski definition) is 5. The number of nitrogens with zero attached hydrogens (tertiary/aromatic N) is 1. The van der Waals surface area contributed by atoms with Crippen LogP contribution in [0.3, 0.4) is 0 Å². The quantitative estimate of drug-likeness (QED) is 0.792. The molecular formula is C8H12N2O3S2. The summed E-state index contributed by atoms with van der Waals surface area (Å²) < 4.78 is 22.4. The van der Waals surface area contributed by atoms with Crippen LogP contribution in [0.2, 0.25) is 0 Å². The summed E-state index contributed by atoms with van der Waals surface area (Å²) in [7, 11) is -3.42. The average molecular weight is 248 g/mol. The second-order valence-electron chi connectivity index (χ2n) is 3.19. The van der Waals surface area contributed by atoms with Crippen molar-refractivity contribution in [2.24, 2.45) is 5.73 Å². The Labute approximate surface area is 92.2 Å². The van der Waals surface area contributed by atoms with Gasteiger partial charge in [-0.1, -0.05) is 0 Å². The van der Waals surface area contributed by atoms with E-state index in [1.165, 1.54) is 11.3 Å². The number of carbonyl (C=O) groups excluding carboxylic acids is 1. The number of rotatable bonds is 5. The second kappa shape index (κ2) is 4.71. The number of nitrogens with two attached hydrogens (primary N) is 1. The van der Waals surface area contributed by atoms with E-state index in [1.54, 1.807) is 11.6 Å². The minimum absolute atomic E-state index is 0.196. The molecule has 1 unspecified atom stereocenters. The van der Waals surface area contributed by atoms with Gasteiger partial charge in [0, 0.05) is 24.3 Å². The molecule has 2 N–H and O–H groups in total. The number of aromatic nitrogens is 1. The minimum atomic E-state index is -3.42. The second-order valence-corrected chi connectivity index (χ2v) is 6.39. The fourth-order valence-electron chi connectivity index (χ4n) is 1.20. The molecule has 1 atom stereocenters. The lowest BCUT2D eigenvalue weighted by Crippen LogP contribution is -2.35. The molecule has 5 nitrogen and oxygen atoms in total. The molecule has 1 amide bonds. The molecule has 0 bridgehead atoms. The van der Waals surface area contributed by atoms with E-state index >= 15 is 0 Å². The molecule has 0 spiro atoms. The molecule has 0 fully saturated rings. The fraction of sp³-hybridized carbons (Fsp3) is 0.500. The SMILES string of the molecule is CS(=O)(=O)C(CCc1nccs1)C(N)=O. The molecule has 0 aliphatic rings. The smallest absolute Gasteiger partial charge is 0.235 e. The highest BCUT2D eigenvalue weighted by molar-refractivity contribution is 7.92. The van der Waals surface area contributed by atoms with Crippen molar-refractivity contribution >= 4 is 27.1 Å². The molecule has 1 rings (SSSR count). The van der Waals surface area contributed by atoms with Crippen LogP contribution >= 0.6 is 11.3 Å². The zero-order valence-corrected chi connectivity index (χ0v) is 9.85. The Morgan fingerprint density at radius 1 is 1.67 bits per heavy atom. The summed E-state index contributed by atoms with van der Waals surface area (Å²) in [6.45, 7) is 0. The highest BCUT2D eigenvalue weighted by Gasteiger charge is 2.26. The lowest BCUT2D eigenvalue weighted by molar-refractivity contribution is -0.117. The summed E-state index contributed by atoms with van der Waals surface area (Å²) in [5.41, 5.74) is 5.03. The van der Waals surface area contributed by atoms with Gasteiger partial charge in [-0.25, -0.2) is 13.4 Å². The van der Waals surface area contributed by atoms with E-state index in [4.69, 9.17) is 5.73 Å². The maximum atomic E-state index is 11.2.